The Hall–Kier alpha value is -3.02. The maximum Gasteiger partial charge on any atom is 0.310 e. The molecular formula is C22H27NO5. The summed E-state index contributed by atoms with van der Waals surface area (Å²) in [5.41, 5.74) is 1.76. The lowest BCUT2D eigenvalue weighted by molar-refractivity contribution is -0.148. The second-order valence-electron chi connectivity index (χ2n) is 6.35. The van der Waals surface area contributed by atoms with Crippen molar-refractivity contribution in [1.82, 2.24) is 5.32 Å². The highest BCUT2D eigenvalue weighted by atomic mass is 16.5. The average molecular weight is 385 g/mol. The number of carbonyl (C=O) groups excluding carboxylic acids is 2. The molecule has 0 fully saturated rings. The van der Waals surface area contributed by atoms with Crippen molar-refractivity contribution in [2.24, 2.45) is 0 Å². The normalized spacial score (nSPS) is 11.4. The molecule has 0 aliphatic carbocycles. The molecule has 0 radical (unpaired) electrons. The smallest absolute Gasteiger partial charge is 0.310 e. The van der Waals surface area contributed by atoms with Crippen molar-refractivity contribution in [2.45, 2.75) is 32.2 Å². The Kier molecular flexibility index (Phi) is 8.34. The lowest BCUT2D eigenvalue weighted by atomic mass is 10.0. The SMILES string of the molecule is CCC[C@H](NC(=O)COC(=O)Cc1ccc(OC)c(OC)c1)c1ccccc1. The summed E-state index contributed by atoms with van der Waals surface area (Å²) >= 11 is 0. The first-order valence-electron chi connectivity index (χ1n) is 9.28. The molecule has 0 saturated heterocycles. The lowest BCUT2D eigenvalue weighted by Crippen LogP contribution is -2.32. The Morgan fingerprint density at radius 1 is 1.00 bits per heavy atom. The average Bonchev–Trinajstić information content (AvgIpc) is 2.72. The Labute approximate surface area is 165 Å². The molecule has 1 N–H and O–H groups in total. The maximum atomic E-state index is 12.2. The monoisotopic (exact) mass is 385 g/mol. The van der Waals surface area contributed by atoms with Crippen LogP contribution in [0.2, 0.25) is 0 Å². The molecule has 0 spiro atoms. The van der Waals surface area contributed by atoms with Gasteiger partial charge in [0.05, 0.1) is 26.7 Å². The van der Waals surface area contributed by atoms with Crippen molar-refractivity contribution < 1.29 is 23.8 Å². The summed E-state index contributed by atoms with van der Waals surface area (Å²) < 4.78 is 15.5. The molecule has 2 aromatic rings. The maximum absolute atomic E-state index is 12.2. The van der Waals surface area contributed by atoms with E-state index < -0.39 is 5.97 Å². The number of ether oxygens (including phenoxy) is 3. The van der Waals surface area contributed by atoms with Crippen molar-refractivity contribution in [3.8, 4) is 11.5 Å². The van der Waals surface area contributed by atoms with Gasteiger partial charge < -0.3 is 19.5 Å². The molecule has 28 heavy (non-hydrogen) atoms. The van der Waals surface area contributed by atoms with E-state index in [1.54, 1.807) is 25.3 Å². The highest BCUT2D eigenvalue weighted by molar-refractivity contribution is 5.81. The summed E-state index contributed by atoms with van der Waals surface area (Å²) in [6.07, 6.45) is 1.79. The van der Waals surface area contributed by atoms with Crippen LogP contribution < -0.4 is 14.8 Å². The standard InChI is InChI=1S/C22H27NO5/c1-4-8-18(17-9-6-5-7-10-17)23-21(24)15-28-22(25)14-16-11-12-19(26-2)20(13-16)27-3/h5-7,9-13,18H,4,8,14-15H2,1-3H3,(H,23,24)/t18-/m0/s1. The minimum Gasteiger partial charge on any atom is -0.493 e. The van der Waals surface area contributed by atoms with Gasteiger partial charge >= 0.3 is 5.97 Å². The highest BCUT2D eigenvalue weighted by Crippen LogP contribution is 2.27. The van der Waals surface area contributed by atoms with Crippen molar-refractivity contribution in [1.29, 1.82) is 0 Å². The van der Waals surface area contributed by atoms with Gasteiger partial charge in [-0.2, -0.15) is 0 Å². The molecule has 2 aromatic carbocycles. The Morgan fingerprint density at radius 2 is 1.71 bits per heavy atom. The topological polar surface area (TPSA) is 73.9 Å². The fourth-order valence-corrected chi connectivity index (χ4v) is 2.89. The summed E-state index contributed by atoms with van der Waals surface area (Å²) in [6, 6.07) is 14.9. The summed E-state index contributed by atoms with van der Waals surface area (Å²) in [5.74, 6) is 0.328. The van der Waals surface area contributed by atoms with E-state index in [-0.39, 0.29) is 25.0 Å². The highest BCUT2D eigenvalue weighted by Gasteiger charge is 2.15. The van der Waals surface area contributed by atoms with Crippen LogP contribution in [0.15, 0.2) is 48.5 Å². The zero-order valence-electron chi connectivity index (χ0n) is 16.6. The van der Waals surface area contributed by atoms with Crippen LogP contribution in [0.5, 0.6) is 11.5 Å². The number of amides is 1. The third-order valence-corrected chi connectivity index (χ3v) is 4.28. The van der Waals surface area contributed by atoms with E-state index >= 15 is 0 Å². The van der Waals surface area contributed by atoms with Gasteiger partial charge in [0.2, 0.25) is 0 Å². The van der Waals surface area contributed by atoms with Gasteiger partial charge in [-0.15, -0.1) is 0 Å². The Bertz CT molecular complexity index is 776. The van der Waals surface area contributed by atoms with E-state index in [4.69, 9.17) is 14.2 Å². The molecule has 0 heterocycles. The van der Waals surface area contributed by atoms with Crippen LogP contribution in [0.25, 0.3) is 0 Å². The largest absolute Gasteiger partial charge is 0.493 e. The van der Waals surface area contributed by atoms with E-state index in [0.717, 1.165) is 24.0 Å². The molecule has 0 aromatic heterocycles. The second kappa shape index (κ2) is 11.0. The van der Waals surface area contributed by atoms with Crippen molar-refractivity contribution in [3.05, 3.63) is 59.7 Å². The number of carbonyl (C=O) groups is 2. The first-order chi connectivity index (χ1) is 13.6. The Balaban J connectivity index is 1.87. The van der Waals surface area contributed by atoms with Gasteiger partial charge in [0.1, 0.15) is 0 Å². The summed E-state index contributed by atoms with van der Waals surface area (Å²) in [4.78, 5) is 24.3. The van der Waals surface area contributed by atoms with Gasteiger partial charge in [-0.05, 0) is 29.7 Å². The minimum absolute atomic E-state index is 0.0463. The van der Waals surface area contributed by atoms with Crippen molar-refractivity contribution in [3.63, 3.8) is 0 Å². The quantitative estimate of drug-likeness (QED) is 0.634. The third-order valence-electron chi connectivity index (χ3n) is 4.28. The van der Waals surface area contributed by atoms with Crippen LogP contribution in [0.3, 0.4) is 0 Å². The van der Waals surface area contributed by atoms with E-state index in [0.29, 0.717) is 11.5 Å². The number of hydrogen-bond donors (Lipinski definition) is 1. The predicted molar refractivity (Wildman–Crippen MR) is 106 cm³/mol. The van der Waals surface area contributed by atoms with Crippen molar-refractivity contribution >= 4 is 11.9 Å². The van der Waals surface area contributed by atoms with Crippen LogP contribution in [0.4, 0.5) is 0 Å². The van der Waals surface area contributed by atoms with Crippen LogP contribution in [0, 0.1) is 0 Å². The van der Waals surface area contributed by atoms with Crippen LogP contribution in [-0.2, 0) is 20.7 Å². The number of rotatable bonds is 10. The van der Waals surface area contributed by atoms with E-state index in [1.807, 2.05) is 30.3 Å². The molecule has 1 amide bonds. The van der Waals surface area contributed by atoms with Crippen LogP contribution >= 0.6 is 0 Å². The molecule has 1 atom stereocenters. The first-order valence-corrected chi connectivity index (χ1v) is 9.28. The summed E-state index contributed by atoms with van der Waals surface area (Å²) in [7, 11) is 3.08. The fraction of sp³-hybridized carbons (Fsp3) is 0.364. The molecule has 2 rings (SSSR count). The molecule has 0 unspecified atom stereocenters. The zero-order valence-corrected chi connectivity index (χ0v) is 16.6. The molecule has 150 valence electrons. The molecule has 6 heteroatoms. The fourth-order valence-electron chi connectivity index (χ4n) is 2.89. The van der Waals surface area contributed by atoms with Crippen molar-refractivity contribution in [2.75, 3.05) is 20.8 Å². The van der Waals surface area contributed by atoms with Gasteiger partial charge in [-0.25, -0.2) is 0 Å². The van der Waals surface area contributed by atoms with Gasteiger partial charge in [0.15, 0.2) is 18.1 Å². The summed E-state index contributed by atoms with van der Waals surface area (Å²) in [6.45, 7) is 1.75. The van der Waals surface area contributed by atoms with Crippen LogP contribution in [-0.4, -0.2) is 32.7 Å². The molecule has 0 saturated carbocycles. The van der Waals surface area contributed by atoms with Gasteiger partial charge in [-0.3, -0.25) is 9.59 Å². The van der Waals surface area contributed by atoms with Crippen LogP contribution in [0.1, 0.15) is 36.9 Å². The van der Waals surface area contributed by atoms with E-state index in [1.165, 1.54) is 7.11 Å². The Morgan fingerprint density at radius 3 is 2.36 bits per heavy atom. The second-order valence-corrected chi connectivity index (χ2v) is 6.35. The molecule has 6 nitrogen and oxygen atoms in total. The molecular weight excluding hydrogens is 358 g/mol. The number of benzene rings is 2. The number of nitrogens with one attached hydrogen (secondary N) is 1. The van der Waals surface area contributed by atoms with Gasteiger partial charge in [0, 0.05) is 0 Å². The van der Waals surface area contributed by atoms with Gasteiger partial charge in [-0.1, -0.05) is 49.7 Å². The molecule has 0 aliphatic heterocycles. The lowest BCUT2D eigenvalue weighted by Gasteiger charge is -2.18. The minimum atomic E-state index is -0.478. The first kappa shape index (κ1) is 21.3. The zero-order chi connectivity index (χ0) is 20.4. The van der Waals surface area contributed by atoms with Gasteiger partial charge in [0.25, 0.3) is 5.91 Å². The third kappa shape index (κ3) is 6.30. The van der Waals surface area contributed by atoms with E-state index in [9.17, 15) is 9.59 Å². The number of esters is 1. The molecule has 0 bridgehead atoms. The van der Waals surface area contributed by atoms with E-state index in [2.05, 4.69) is 12.2 Å². The number of hydrogen-bond acceptors (Lipinski definition) is 5. The number of methoxy groups -OCH3 is 2. The molecule has 0 aliphatic rings. The predicted octanol–water partition coefficient (Wildman–Crippen LogP) is 3.45. The summed E-state index contributed by atoms with van der Waals surface area (Å²) in [5, 5.41) is 2.93.